The van der Waals surface area contributed by atoms with E-state index in [-0.39, 0.29) is 30.0 Å². The maximum Gasteiger partial charge on any atom is 0.338 e. The molecule has 1 aliphatic heterocycles. The molecule has 0 bridgehead atoms. The predicted octanol–water partition coefficient (Wildman–Crippen LogP) is 5.91. The van der Waals surface area contributed by atoms with Crippen LogP contribution in [0.5, 0.6) is 11.5 Å². The number of hydrogen-bond donors (Lipinski definition) is 1. The van der Waals surface area contributed by atoms with Crippen LogP contribution < -0.4 is 19.1 Å². The summed E-state index contributed by atoms with van der Waals surface area (Å²) in [5.41, 5.74) is 1.17. The molecule has 4 aromatic rings. The molecule has 1 aliphatic rings. The number of anilines is 1. The van der Waals surface area contributed by atoms with Crippen molar-refractivity contribution in [2.45, 2.75) is 43.7 Å². The fourth-order valence-electron chi connectivity index (χ4n) is 5.15. The highest BCUT2D eigenvalue weighted by atomic mass is 32.2. The van der Waals surface area contributed by atoms with E-state index in [1.165, 1.54) is 37.4 Å². The van der Waals surface area contributed by atoms with E-state index in [0.717, 1.165) is 16.4 Å². The van der Waals surface area contributed by atoms with Crippen molar-refractivity contribution in [1.82, 2.24) is 5.32 Å². The van der Waals surface area contributed by atoms with Gasteiger partial charge in [-0.15, -0.1) is 0 Å². The molecular formula is C35H34F2N2O7S. The maximum atomic E-state index is 14.4. The Bertz CT molecular complexity index is 1890. The maximum absolute atomic E-state index is 14.4. The third-order valence-corrected chi connectivity index (χ3v) is 9.17. The van der Waals surface area contributed by atoms with Crippen molar-refractivity contribution >= 4 is 27.6 Å². The molecule has 1 N–H and O–H groups in total. The summed E-state index contributed by atoms with van der Waals surface area (Å²) < 4.78 is 73.3. The van der Waals surface area contributed by atoms with Crippen LogP contribution in [0.3, 0.4) is 0 Å². The first kappa shape index (κ1) is 33.4. The van der Waals surface area contributed by atoms with E-state index in [1.807, 2.05) is 0 Å². The second-order valence-corrected chi connectivity index (χ2v) is 13.6. The molecule has 5 rings (SSSR count). The number of rotatable bonds is 10. The monoisotopic (exact) mass is 664 g/mol. The first-order chi connectivity index (χ1) is 22.3. The van der Waals surface area contributed by atoms with Gasteiger partial charge in [0.05, 0.1) is 29.8 Å². The number of ether oxygens (including phenoxy) is 3. The van der Waals surface area contributed by atoms with Gasteiger partial charge in [0.2, 0.25) is 5.91 Å². The zero-order valence-electron chi connectivity index (χ0n) is 26.3. The zero-order valence-corrected chi connectivity index (χ0v) is 27.1. The van der Waals surface area contributed by atoms with Gasteiger partial charge >= 0.3 is 5.97 Å². The van der Waals surface area contributed by atoms with Crippen molar-refractivity contribution in [3.05, 3.63) is 108 Å². The summed E-state index contributed by atoms with van der Waals surface area (Å²) in [5.74, 6) is -1.50. The molecule has 47 heavy (non-hydrogen) atoms. The van der Waals surface area contributed by atoms with Crippen molar-refractivity contribution in [3.8, 4) is 22.6 Å². The molecular weight excluding hydrogens is 630 g/mol. The number of carbonyl (C=O) groups excluding carboxylic acids is 2. The highest BCUT2D eigenvalue weighted by Gasteiger charge is 2.42. The van der Waals surface area contributed by atoms with Gasteiger partial charge in [-0.3, -0.25) is 9.10 Å². The highest BCUT2D eigenvalue weighted by molar-refractivity contribution is 7.93. The topological polar surface area (TPSA) is 111 Å². The molecule has 1 atom stereocenters. The molecule has 1 heterocycles. The molecule has 0 aliphatic carbocycles. The minimum atomic E-state index is -4.27. The largest absolute Gasteiger partial charge is 0.497 e. The van der Waals surface area contributed by atoms with Crippen LogP contribution in [0.25, 0.3) is 11.1 Å². The van der Waals surface area contributed by atoms with E-state index in [0.29, 0.717) is 33.9 Å². The molecule has 0 aromatic heterocycles. The highest BCUT2D eigenvalue weighted by Crippen LogP contribution is 2.39. The summed E-state index contributed by atoms with van der Waals surface area (Å²) >= 11 is 0. The molecule has 0 spiro atoms. The Hall–Kier alpha value is -4.97. The fraction of sp³-hybridized carbons (Fsp3) is 0.257. The number of carbonyl (C=O) groups is 2. The van der Waals surface area contributed by atoms with Crippen molar-refractivity contribution < 1.29 is 41.0 Å². The molecule has 9 nitrogen and oxygen atoms in total. The molecule has 1 unspecified atom stereocenters. The average molecular weight is 665 g/mol. The second kappa shape index (κ2) is 13.4. The number of nitrogens with zero attached hydrogens (tertiary/aromatic N) is 1. The average Bonchev–Trinajstić information content (AvgIpc) is 3.42. The molecule has 12 heteroatoms. The van der Waals surface area contributed by atoms with Crippen LogP contribution in [0.15, 0.2) is 89.8 Å². The third-order valence-electron chi connectivity index (χ3n) is 7.34. The van der Waals surface area contributed by atoms with Gasteiger partial charge in [-0.05, 0) is 98.6 Å². The minimum absolute atomic E-state index is 0.0780. The number of hydrogen-bond acceptors (Lipinski definition) is 7. The number of amides is 1. The van der Waals surface area contributed by atoms with Crippen LogP contribution in [-0.2, 0) is 26.0 Å². The summed E-state index contributed by atoms with van der Waals surface area (Å²) in [4.78, 5) is 25.6. The van der Waals surface area contributed by atoms with Gasteiger partial charge in [0.15, 0.2) is 0 Å². The minimum Gasteiger partial charge on any atom is -0.497 e. The lowest BCUT2D eigenvalue weighted by Gasteiger charge is -2.26. The zero-order chi connectivity index (χ0) is 33.9. The van der Waals surface area contributed by atoms with Crippen LogP contribution in [0, 0.1) is 11.6 Å². The number of nitrogens with one attached hydrogen (secondary N) is 1. The van der Waals surface area contributed by atoms with Crippen LogP contribution in [0.1, 0.15) is 36.7 Å². The van der Waals surface area contributed by atoms with Gasteiger partial charge in [-0.25, -0.2) is 22.0 Å². The first-order valence-corrected chi connectivity index (χ1v) is 16.2. The number of fused-ring (bicyclic) bond motifs is 1. The number of methoxy groups -OCH3 is 1. The summed E-state index contributed by atoms with van der Waals surface area (Å²) in [6, 6.07) is 18.9. The Morgan fingerprint density at radius 1 is 0.915 bits per heavy atom. The lowest BCUT2D eigenvalue weighted by Crippen LogP contribution is -2.48. The van der Waals surface area contributed by atoms with Crippen molar-refractivity contribution in [1.29, 1.82) is 0 Å². The SMILES string of the molecule is COc1ccc2c(c1)CC(C(=O)NCCOc1ccc(C(=O)OC(C)(C)C)cc1)N2S(=O)(=O)c1ccc(-c2ccc(F)cc2F)cc1. The molecule has 0 radical (unpaired) electrons. The number of sulfonamides is 1. The standard InChI is InChI=1S/C35H34F2N2O7S/c1-35(2,3)46-34(41)23-5-10-26(11-6-23)45-18-17-38-33(40)32-20-24-19-27(44-4)12-16-31(24)39(32)47(42,43)28-13-7-22(8-14-28)29-15-9-25(36)21-30(29)37/h5-16,19,21,32H,17-18,20H2,1-4H3,(H,38,40). The number of benzene rings is 4. The fourth-order valence-corrected chi connectivity index (χ4v) is 6.80. The summed E-state index contributed by atoms with van der Waals surface area (Å²) in [6.07, 6.45) is 0.101. The molecule has 4 aromatic carbocycles. The van der Waals surface area contributed by atoms with Crippen molar-refractivity contribution in [2.24, 2.45) is 0 Å². The second-order valence-electron chi connectivity index (χ2n) is 11.8. The first-order valence-electron chi connectivity index (χ1n) is 14.8. The predicted molar refractivity (Wildman–Crippen MR) is 172 cm³/mol. The van der Waals surface area contributed by atoms with Crippen LogP contribution in [0.4, 0.5) is 14.5 Å². The van der Waals surface area contributed by atoms with Gasteiger partial charge in [0.25, 0.3) is 10.0 Å². The van der Waals surface area contributed by atoms with Gasteiger partial charge in [-0.1, -0.05) is 12.1 Å². The van der Waals surface area contributed by atoms with E-state index >= 15 is 0 Å². The van der Waals surface area contributed by atoms with E-state index in [4.69, 9.17) is 14.2 Å². The molecule has 0 saturated carbocycles. The summed E-state index contributed by atoms with van der Waals surface area (Å²) in [5, 5.41) is 2.76. The number of esters is 1. The van der Waals surface area contributed by atoms with Crippen LogP contribution in [0.2, 0.25) is 0 Å². The molecule has 0 fully saturated rings. The van der Waals surface area contributed by atoms with E-state index < -0.39 is 45.2 Å². The summed E-state index contributed by atoms with van der Waals surface area (Å²) in [6.45, 7) is 5.51. The molecule has 1 amide bonds. The Kier molecular flexibility index (Phi) is 9.53. The van der Waals surface area contributed by atoms with Crippen molar-refractivity contribution in [3.63, 3.8) is 0 Å². The lowest BCUT2D eigenvalue weighted by molar-refractivity contribution is -0.122. The summed E-state index contributed by atoms with van der Waals surface area (Å²) in [7, 11) is -2.78. The molecule has 246 valence electrons. The third kappa shape index (κ3) is 7.54. The Morgan fingerprint density at radius 3 is 2.23 bits per heavy atom. The number of halogens is 2. The van der Waals surface area contributed by atoms with Crippen molar-refractivity contribution in [2.75, 3.05) is 24.6 Å². The van der Waals surface area contributed by atoms with Crippen LogP contribution >= 0.6 is 0 Å². The van der Waals surface area contributed by atoms with E-state index in [2.05, 4.69) is 5.32 Å². The Morgan fingerprint density at radius 2 is 1.60 bits per heavy atom. The van der Waals surface area contributed by atoms with Gasteiger partial charge in [-0.2, -0.15) is 0 Å². The lowest BCUT2D eigenvalue weighted by atomic mass is 10.1. The Balaban J connectivity index is 1.29. The van der Waals surface area contributed by atoms with Gasteiger partial charge < -0.3 is 19.5 Å². The quantitative estimate of drug-likeness (QED) is 0.166. The molecule has 0 saturated heterocycles. The smallest absolute Gasteiger partial charge is 0.338 e. The van der Waals surface area contributed by atoms with E-state index in [9.17, 15) is 26.8 Å². The van der Waals surface area contributed by atoms with E-state index in [1.54, 1.807) is 63.2 Å². The van der Waals surface area contributed by atoms with Crippen LogP contribution in [-0.4, -0.2) is 52.2 Å². The van der Waals surface area contributed by atoms with Gasteiger partial charge in [0, 0.05) is 18.1 Å². The Labute approximate surface area is 272 Å². The van der Waals surface area contributed by atoms with Gasteiger partial charge in [0.1, 0.15) is 41.4 Å². The normalized spacial score (nSPS) is 14.3.